The Bertz CT molecular complexity index is 1730. The van der Waals surface area contributed by atoms with Gasteiger partial charge in [0.2, 0.25) is 12.8 Å². The predicted molar refractivity (Wildman–Crippen MR) is 274 cm³/mol. The lowest BCUT2D eigenvalue weighted by Crippen LogP contribution is -2.40. The van der Waals surface area contributed by atoms with Gasteiger partial charge in [0.1, 0.15) is 0 Å². The van der Waals surface area contributed by atoms with E-state index in [1.165, 1.54) is 0 Å². The van der Waals surface area contributed by atoms with Gasteiger partial charge < -0.3 is 82.1 Å². The third kappa shape index (κ3) is 16.2. The van der Waals surface area contributed by atoms with Gasteiger partial charge in [-0.2, -0.15) is 0 Å². The van der Waals surface area contributed by atoms with Crippen molar-refractivity contribution in [3.63, 3.8) is 0 Å². The molecule has 0 fully saturated rings. The van der Waals surface area contributed by atoms with E-state index in [4.69, 9.17) is 0 Å². The fraction of sp³-hybridized carbons (Fsp3) is 0.486. The molecule has 0 aliphatic carbocycles. The van der Waals surface area contributed by atoms with Crippen LogP contribution in [-0.2, 0) is 9.59 Å². The molecule has 22 nitrogen and oxygen atoms in total. The summed E-state index contributed by atoms with van der Waals surface area (Å²) in [5, 5.41) is 109. The number of hydrogen-bond acceptors (Lipinski definition) is 16. The predicted octanol–water partition coefficient (Wildman–Crippen LogP) is -2.62. The molecule has 352 valence electrons. The first-order valence-corrected chi connectivity index (χ1v) is 24.6. The molecule has 2 aromatic carbocycles. The van der Waals surface area contributed by atoms with Gasteiger partial charge in [-0.3, -0.25) is 28.8 Å². The summed E-state index contributed by atoms with van der Waals surface area (Å²) >= 11 is 10.5. The Hall–Kier alpha value is -0.760. The summed E-state index contributed by atoms with van der Waals surface area (Å²) in [5.41, 5.74) is -0.524. The Morgan fingerprint density at radius 3 is 0.841 bits per heavy atom. The second-order valence-electron chi connectivity index (χ2n) is 13.3. The van der Waals surface area contributed by atoms with Gasteiger partial charge in [0.15, 0.2) is 0 Å². The summed E-state index contributed by atoms with van der Waals surface area (Å²) in [6.07, 6.45) is -8.28. The first-order valence-electron chi connectivity index (χ1n) is 18.1. The maximum absolute atomic E-state index is 13.5. The summed E-state index contributed by atoms with van der Waals surface area (Å²) in [6, 6.07) is 0. The second kappa shape index (κ2) is 28.5. The van der Waals surface area contributed by atoms with Gasteiger partial charge in [0, 0.05) is 39.7 Å². The molecule has 6 atom stereocenters. The van der Waals surface area contributed by atoms with Gasteiger partial charge in [-0.05, 0) is 136 Å². The molecular formula is C35H44I6N6O16. The third-order valence-electron chi connectivity index (χ3n) is 8.52. The van der Waals surface area contributed by atoms with E-state index in [2.05, 4.69) is 21.3 Å². The molecule has 2 rings (SSSR count). The minimum Gasteiger partial charge on any atom is -0.394 e. The van der Waals surface area contributed by atoms with E-state index in [1.54, 1.807) is 136 Å². The monoisotopic (exact) mass is 1570 g/mol. The molecule has 63 heavy (non-hydrogen) atoms. The van der Waals surface area contributed by atoms with Gasteiger partial charge in [-0.25, -0.2) is 0 Å². The number of hydrogen-bond donors (Lipinski definition) is 14. The molecule has 2 aromatic rings. The van der Waals surface area contributed by atoms with E-state index >= 15 is 0 Å². The highest BCUT2D eigenvalue weighted by atomic mass is 127. The summed E-state index contributed by atoms with van der Waals surface area (Å²) in [6.45, 7) is -5.31. The van der Waals surface area contributed by atoms with Crippen LogP contribution in [0.4, 0.5) is 11.4 Å². The topological polar surface area (TPSA) is 359 Å². The molecule has 0 spiro atoms. The Morgan fingerprint density at radius 2 is 0.651 bits per heavy atom. The summed E-state index contributed by atoms with van der Waals surface area (Å²) in [4.78, 5) is 81.3. The number of carbonyl (C=O) groups is 6. The fourth-order valence-electron chi connectivity index (χ4n) is 5.35. The maximum atomic E-state index is 13.5. The molecule has 28 heteroatoms. The lowest BCUT2D eigenvalue weighted by molar-refractivity contribution is -0.108. The first-order chi connectivity index (χ1) is 29.6. The molecule has 0 aliphatic heterocycles. The van der Waals surface area contributed by atoms with Crippen LogP contribution < -0.4 is 31.1 Å². The summed E-state index contributed by atoms with van der Waals surface area (Å²) in [7, 11) is 0. The van der Waals surface area contributed by atoms with E-state index in [0.29, 0.717) is 12.8 Å². The number of aliphatic hydroxyl groups excluding tert-OH is 10. The zero-order valence-electron chi connectivity index (χ0n) is 32.5. The normalized spacial score (nSPS) is 14.1. The van der Waals surface area contributed by atoms with Crippen LogP contribution in [-0.4, -0.2) is 190 Å². The van der Waals surface area contributed by atoms with E-state index in [1.807, 2.05) is 0 Å². The highest BCUT2D eigenvalue weighted by molar-refractivity contribution is 14.1. The van der Waals surface area contributed by atoms with E-state index in [-0.39, 0.29) is 81.2 Å². The summed E-state index contributed by atoms with van der Waals surface area (Å²) in [5.74, 6) is -3.22. The second-order valence-corrected chi connectivity index (χ2v) is 19.8. The van der Waals surface area contributed by atoms with Crippen LogP contribution in [0.15, 0.2) is 0 Å². The standard InChI is InChI=1S/C35H44I6N6O16/c36-24-20(32(60)42-2-16(56)8-48)26(38)30(27(39)21(24)33(61)43-3-17(57)9-49)46(12-52)6-14(54)1-15(55)7-47(13-53)31-28(40)22(34(62)44-4-18(58)10-50)25(37)23(29(31)41)35(63)45-5-19(59)11-51/h12-19,48-51,54-59H,1-11H2,(H,42,60)(H,43,61)(H,44,62)(H,45,63). The van der Waals surface area contributed by atoms with Crippen molar-refractivity contribution < 1.29 is 79.8 Å². The lowest BCUT2D eigenvalue weighted by atomic mass is 10.0. The van der Waals surface area contributed by atoms with Crippen LogP contribution in [0.1, 0.15) is 47.9 Å². The van der Waals surface area contributed by atoms with Gasteiger partial charge in [-0.15, -0.1) is 0 Å². The minimum absolute atomic E-state index is 0.0204. The van der Waals surface area contributed by atoms with Crippen molar-refractivity contribution in [3.05, 3.63) is 43.7 Å². The molecule has 0 saturated carbocycles. The fourth-order valence-corrected chi connectivity index (χ4v) is 14.9. The Labute approximate surface area is 441 Å². The SMILES string of the molecule is O=CN(CC(O)CC(O)CN(C=O)c1c(I)c(C(=O)NCC(O)CO)c(I)c(C(=O)NCC(O)CO)c1I)c1c(I)c(C(=O)NCC(O)CO)c(I)c(C(=O)NCC(O)CO)c1I. The molecule has 0 heterocycles. The number of nitrogens with one attached hydrogen (secondary N) is 4. The third-order valence-corrected chi connectivity index (χ3v) is 14.9. The number of nitrogens with zero attached hydrogens (tertiary/aromatic N) is 2. The van der Waals surface area contributed by atoms with Crippen LogP contribution in [0.3, 0.4) is 0 Å². The summed E-state index contributed by atoms with van der Waals surface area (Å²) < 4.78 is 0.677. The van der Waals surface area contributed by atoms with Gasteiger partial charge in [0.05, 0.1) is 124 Å². The van der Waals surface area contributed by atoms with Crippen LogP contribution >= 0.6 is 136 Å². The molecule has 0 aliphatic rings. The van der Waals surface area contributed by atoms with Crippen molar-refractivity contribution in [2.24, 2.45) is 0 Å². The number of rotatable bonds is 26. The average molecular weight is 1570 g/mol. The van der Waals surface area contributed by atoms with Crippen molar-refractivity contribution >= 4 is 183 Å². The first kappa shape index (κ1) is 58.4. The highest BCUT2D eigenvalue weighted by Crippen LogP contribution is 2.39. The number of amides is 6. The Kier molecular flexibility index (Phi) is 26.4. The molecule has 6 unspecified atom stereocenters. The highest BCUT2D eigenvalue weighted by Gasteiger charge is 2.34. The molecule has 0 aromatic heterocycles. The molecule has 0 saturated heterocycles. The zero-order chi connectivity index (χ0) is 47.9. The van der Waals surface area contributed by atoms with Crippen LogP contribution in [0, 0.1) is 21.4 Å². The van der Waals surface area contributed by atoms with Crippen LogP contribution in [0.2, 0.25) is 0 Å². The molecule has 6 amide bonds. The van der Waals surface area contributed by atoms with Gasteiger partial charge in [0.25, 0.3) is 23.6 Å². The van der Waals surface area contributed by atoms with Crippen molar-refractivity contribution in [1.82, 2.24) is 21.3 Å². The average Bonchev–Trinajstić information content (AvgIpc) is 3.24. The number of benzene rings is 2. The van der Waals surface area contributed by atoms with Crippen LogP contribution in [0.5, 0.6) is 0 Å². The number of aliphatic hydroxyl groups is 10. The maximum Gasteiger partial charge on any atom is 0.253 e. The minimum atomic E-state index is -1.55. The van der Waals surface area contributed by atoms with Crippen LogP contribution in [0.25, 0.3) is 0 Å². The van der Waals surface area contributed by atoms with E-state index in [9.17, 15) is 79.8 Å². The molecule has 0 bridgehead atoms. The number of halogens is 6. The molecule has 0 radical (unpaired) electrons. The number of anilines is 2. The lowest BCUT2D eigenvalue weighted by Gasteiger charge is -2.29. The van der Waals surface area contributed by atoms with Gasteiger partial charge in [-0.1, -0.05) is 0 Å². The largest absolute Gasteiger partial charge is 0.394 e. The van der Waals surface area contributed by atoms with Crippen molar-refractivity contribution in [3.8, 4) is 0 Å². The smallest absolute Gasteiger partial charge is 0.253 e. The van der Waals surface area contributed by atoms with Crippen molar-refractivity contribution in [1.29, 1.82) is 0 Å². The van der Waals surface area contributed by atoms with E-state index in [0.717, 1.165) is 9.80 Å². The van der Waals surface area contributed by atoms with Crippen molar-refractivity contribution in [2.45, 2.75) is 43.0 Å². The Balaban J connectivity index is 2.59. The van der Waals surface area contributed by atoms with E-state index < -0.39 is 106 Å². The number of carbonyl (C=O) groups excluding carboxylic acids is 6. The Morgan fingerprint density at radius 1 is 0.429 bits per heavy atom. The quantitative estimate of drug-likeness (QED) is 0.0339. The van der Waals surface area contributed by atoms with Gasteiger partial charge >= 0.3 is 0 Å². The molecular weight excluding hydrogens is 1520 g/mol. The zero-order valence-corrected chi connectivity index (χ0v) is 45.4. The van der Waals surface area contributed by atoms with Crippen molar-refractivity contribution in [2.75, 3.05) is 75.5 Å². The molecule has 14 N–H and O–H groups in total.